The largest absolute Gasteiger partial charge is 0.481 e. The molecule has 0 bridgehead atoms. The number of carboxylic acids is 1. The lowest BCUT2D eigenvalue weighted by atomic mass is 10.1. The molecular weight excluding hydrogens is 312 g/mol. The highest BCUT2D eigenvalue weighted by atomic mass is 16.5. The van der Waals surface area contributed by atoms with Gasteiger partial charge >= 0.3 is 5.97 Å². The zero-order chi connectivity index (χ0) is 17.8. The minimum absolute atomic E-state index is 0.0682. The third-order valence-corrected chi connectivity index (χ3v) is 3.55. The minimum Gasteiger partial charge on any atom is -0.481 e. The molecule has 0 spiro atoms. The Kier molecular flexibility index (Phi) is 9.14. The van der Waals surface area contributed by atoms with E-state index >= 15 is 0 Å². The number of aliphatic carboxylic acids is 1. The Labute approximate surface area is 141 Å². The van der Waals surface area contributed by atoms with Crippen LogP contribution in [-0.4, -0.2) is 28.1 Å². The molecule has 7 nitrogen and oxygen atoms in total. The number of benzene rings is 1. The fourth-order valence-electron chi connectivity index (χ4n) is 2.21. The van der Waals surface area contributed by atoms with Gasteiger partial charge in [-0.25, -0.2) is 5.48 Å². The molecule has 1 rings (SSSR count). The average molecular weight is 336 g/mol. The average Bonchev–Trinajstić information content (AvgIpc) is 2.57. The summed E-state index contributed by atoms with van der Waals surface area (Å²) in [4.78, 5) is 33.1. The number of carbonyl (C=O) groups excluding carboxylic acids is 2. The fourth-order valence-corrected chi connectivity index (χ4v) is 2.21. The molecule has 4 N–H and O–H groups in total. The Morgan fingerprint density at radius 3 is 1.96 bits per heavy atom. The van der Waals surface area contributed by atoms with Crippen LogP contribution in [0.5, 0.6) is 0 Å². The monoisotopic (exact) mass is 336 g/mol. The summed E-state index contributed by atoms with van der Waals surface area (Å²) in [5, 5.41) is 19.8. The number of rotatable bonds is 11. The van der Waals surface area contributed by atoms with Crippen molar-refractivity contribution in [1.29, 1.82) is 0 Å². The molecule has 0 radical (unpaired) electrons. The van der Waals surface area contributed by atoms with Gasteiger partial charge in [0.15, 0.2) is 0 Å². The molecule has 0 saturated heterocycles. The van der Waals surface area contributed by atoms with E-state index < -0.39 is 5.97 Å². The van der Waals surface area contributed by atoms with Gasteiger partial charge in [-0.15, -0.1) is 0 Å². The second-order valence-corrected chi connectivity index (χ2v) is 5.59. The van der Waals surface area contributed by atoms with Crippen LogP contribution in [-0.2, 0) is 20.8 Å². The standard InChI is InChI=1S/C17H24N2O5/c20-15(5-3-1-2-4-6-16(21)19-24)18-14-10-7-13(8-11-14)9-12-17(22)23/h7-8,10-11,24H,1-6,9,12H2,(H,18,20)(H,19,21)(H,22,23). The van der Waals surface area contributed by atoms with Crippen LogP contribution in [0.2, 0.25) is 0 Å². The Morgan fingerprint density at radius 1 is 0.833 bits per heavy atom. The summed E-state index contributed by atoms with van der Waals surface area (Å²) in [6, 6.07) is 7.15. The van der Waals surface area contributed by atoms with Crippen molar-refractivity contribution in [3.63, 3.8) is 0 Å². The summed E-state index contributed by atoms with van der Waals surface area (Å²) in [5.41, 5.74) is 3.20. The summed E-state index contributed by atoms with van der Waals surface area (Å²) in [6.45, 7) is 0. The summed E-state index contributed by atoms with van der Waals surface area (Å²) in [5.74, 6) is -1.29. The van der Waals surface area contributed by atoms with E-state index in [1.165, 1.54) is 0 Å². The van der Waals surface area contributed by atoms with Crippen molar-refractivity contribution < 1.29 is 24.7 Å². The highest BCUT2D eigenvalue weighted by Crippen LogP contribution is 2.12. The van der Waals surface area contributed by atoms with Crippen molar-refractivity contribution in [2.75, 3.05) is 5.32 Å². The smallest absolute Gasteiger partial charge is 0.303 e. The van der Waals surface area contributed by atoms with Crippen LogP contribution in [0.3, 0.4) is 0 Å². The molecule has 132 valence electrons. The molecule has 0 atom stereocenters. The first-order chi connectivity index (χ1) is 11.5. The number of hydrogen-bond acceptors (Lipinski definition) is 4. The van der Waals surface area contributed by atoms with Crippen molar-refractivity contribution >= 4 is 23.5 Å². The zero-order valence-electron chi connectivity index (χ0n) is 13.6. The number of nitrogens with one attached hydrogen (secondary N) is 2. The third kappa shape index (κ3) is 8.89. The second kappa shape index (κ2) is 11.2. The number of aryl methyl sites for hydroxylation is 1. The van der Waals surface area contributed by atoms with Crippen LogP contribution in [0.4, 0.5) is 5.69 Å². The van der Waals surface area contributed by atoms with Crippen LogP contribution in [0.15, 0.2) is 24.3 Å². The van der Waals surface area contributed by atoms with Gasteiger partial charge in [-0.3, -0.25) is 19.6 Å². The van der Waals surface area contributed by atoms with Crippen LogP contribution in [0, 0.1) is 0 Å². The SMILES string of the molecule is O=C(O)CCc1ccc(NC(=O)CCCCCCC(=O)NO)cc1. The van der Waals surface area contributed by atoms with E-state index in [0.717, 1.165) is 24.8 Å². The van der Waals surface area contributed by atoms with E-state index in [1.54, 1.807) is 17.6 Å². The highest BCUT2D eigenvalue weighted by molar-refractivity contribution is 5.90. The molecule has 0 unspecified atom stereocenters. The van der Waals surface area contributed by atoms with E-state index in [-0.39, 0.29) is 24.7 Å². The Hall–Kier alpha value is -2.41. The lowest BCUT2D eigenvalue weighted by Gasteiger charge is -2.06. The lowest BCUT2D eigenvalue weighted by molar-refractivity contribution is -0.137. The van der Waals surface area contributed by atoms with E-state index in [9.17, 15) is 14.4 Å². The zero-order valence-corrected chi connectivity index (χ0v) is 13.6. The molecule has 24 heavy (non-hydrogen) atoms. The van der Waals surface area contributed by atoms with Crippen LogP contribution in [0.1, 0.15) is 50.5 Å². The lowest BCUT2D eigenvalue weighted by Crippen LogP contribution is -2.17. The Morgan fingerprint density at radius 2 is 1.42 bits per heavy atom. The highest BCUT2D eigenvalue weighted by Gasteiger charge is 2.04. The molecule has 0 aliphatic rings. The molecule has 7 heteroatoms. The Bertz CT molecular complexity index is 542. The maximum Gasteiger partial charge on any atom is 0.303 e. The van der Waals surface area contributed by atoms with Crippen molar-refractivity contribution in [3.05, 3.63) is 29.8 Å². The molecule has 2 amide bonds. The molecule has 0 fully saturated rings. The van der Waals surface area contributed by atoms with E-state index in [4.69, 9.17) is 10.3 Å². The van der Waals surface area contributed by atoms with Crippen LogP contribution in [0.25, 0.3) is 0 Å². The van der Waals surface area contributed by atoms with Gasteiger partial charge in [-0.05, 0) is 37.0 Å². The molecular formula is C17H24N2O5. The minimum atomic E-state index is -0.829. The van der Waals surface area contributed by atoms with Gasteiger partial charge in [0.2, 0.25) is 11.8 Å². The summed E-state index contributed by atoms with van der Waals surface area (Å²) in [6.07, 6.45) is 4.36. The molecule has 0 heterocycles. The number of unbranched alkanes of at least 4 members (excludes halogenated alkanes) is 3. The predicted octanol–water partition coefficient (Wildman–Crippen LogP) is 2.49. The number of anilines is 1. The fraction of sp³-hybridized carbons (Fsp3) is 0.471. The van der Waals surface area contributed by atoms with E-state index in [2.05, 4.69) is 5.32 Å². The van der Waals surface area contributed by atoms with Crippen LogP contribution < -0.4 is 10.8 Å². The first kappa shape index (κ1) is 19.6. The molecule has 0 aliphatic heterocycles. The summed E-state index contributed by atoms with van der Waals surface area (Å²) < 4.78 is 0. The van der Waals surface area contributed by atoms with Gasteiger partial charge in [0.1, 0.15) is 0 Å². The molecule has 0 saturated carbocycles. The van der Waals surface area contributed by atoms with Gasteiger partial charge < -0.3 is 10.4 Å². The number of hydroxylamine groups is 1. The maximum atomic E-state index is 11.8. The van der Waals surface area contributed by atoms with Crippen molar-refractivity contribution in [2.45, 2.75) is 51.4 Å². The molecule has 0 aromatic heterocycles. The third-order valence-electron chi connectivity index (χ3n) is 3.55. The second-order valence-electron chi connectivity index (χ2n) is 5.59. The Balaban J connectivity index is 2.18. The van der Waals surface area contributed by atoms with Gasteiger partial charge in [0.25, 0.3) is 0 Å². The van der Waals surface area contributed by atoms with Gasteiger partial charge in [-0.2, -0.15) is 0 Å². The summed E-state index contributed by atoms with van der Waals surface area (Å²) >= 11 is 0. The quantitative estimate of drug-likeness (QED) is 0.281. The maximum absolute atomic E-state index is 11.8. The first-order valence-electron chi connectivity index (χ1n) is 8.05. The summed E-state index contributed by atoms with van der Waals surface area (Å²) in [7, 11) is 0. The van der Waals surface area contributed by atoms with E-state index in [1.807, 2.05) is 12.1 Å². The number of carboxylic acid groups (broad SMARTS) is 1. The normalized spacial score (nSPS) is 10.2. The van der Waals surface area contributed by atoms with Crippen LogP contribution >= 0.6 is 0 Å². The topological polar surface area (TPSA) is 116 Å². The number of carbonyl (C=O) groups is 3. The van der Waals surface area contributed by atoms with Gasteiger partial charge in [0.05, 0.1) is 0 Å². The number of hydrogen-bond donors (Lipinski definition) is 4. The first-order valence-corrected chi connectivity index (χ1v) is 8.05. The van der Waals surface area contributed by atoms with Crippen molar-refractivity contribution in [2.24, 2.45) is 0 Å². The predicted molar refractivity (Wildman–Crippen MR) is 88.7 cm³/mol. The number of amides is 2. The van der Waals surface area contributed by atoms with Gasteiger partial charge in [0, 0.05) is 24.9 Å². The van der Waals surface area contributed by atoms with Gasteiger partial charge in [-0.1, -0.05) is 25.0 Å². The molecule has 1 aromatic rings. The molecule has 0 aliphatic carbocycles. The van der Waals surface area contributed by atoms with Crippen molar-refractivity contribution in [1.82, 2.24) is 5.48 Å². The molecule has 1 aromatic carbocycles. The van der Waals surface area contributed by atoms with Crippen molar-refractivity contribution in [3.8, 4) is 0 Å². The van der Waals surface area contributed by atoms with E-state index in [0.29, 0.717) is 24.9 Å².